The zero-order chi connectivity index (χ0) is 36.7. The minimum absolute atomic E-state index is 0.106. The second-order valence-electron chi connectivity index (χ2n) is 12.0. The van der Waals surface area contributed by atoms with Crippen molar-refractivity contribution < 1.29 is 6.85 Å². The number of nitrogens with zero attached hydrogens (tertiary/aromatic N) is 4. The van der Waals surface area contributed by atoms with E-state index in [1.54, 1.807) is 0 Å². The van der Waals surface area contributed by atoms with E-state index < -0.39 is 6.04 Å². The van der Waals surface area contributed by atoms with E-state index in [9.17, 15) is 0 Å². The monoisotopic (exact) mass is 629 g/mol. The lowest BCUT2D eigenvalue weighted by Gasteiger charge is -2.17. The van der Waals surface area contributed by atoms with Crippen LogP contribution < -0.4 is 0 Å². The van der Waals surface area contributed by atoms with Crippen molar-refractivity contribution in [1.82, 2.24) is 19.5 Å². The van der Waals surface area contributed by atoms with Crippen LogP contribution in [0.5, 0.6) is 0 Å². The molecule has 0 amide bonds. The van der Waals surface area contributed by atoms with Gasteiger partial charge in [-0.1, -0.05) is 146 Å². The maximum Gasteiger partial charge on any atom is 0.164 e. The normalized spacial score (nSPS) is 13.1. The van der Waals surface area contributed by atoms with Gasteiger partial charge in [0.25, 0.3) is 0 Å². The largest absolute Gasteiger partial charge is 0.309 e. The Kier molecular flexibility index (Phi) is 5.10. The number of hydrogen-bond donors (Lipinski definition) is 0. The number of hydrogen-bond acceptors (Lipinski definition) is 3. The van der Waals surface area contributed by atoms with E-state index in [0.717, 1.165) is 70.8 Å². The third kappa shape index (κ3) is 4.28. The van der Waals surface area contributed by atoms with Crippen LogP contribution in [0, 0.1) is 0 Å². The molecule has 2 heterocycles. The molecule has 0 unspecified atom stereocenters. The molecular weight excluding hydrogens is 597 g/mol. The van der Waals surface area contributed by atoms with Gasteiger partial charge in [-0.2, -0.15) is 0 Å². The van der Waals surface area contributed by atoms with Crippen LogP contribution in [0.25, 0.3) is 94.0 Å². The topological polar surface area (TPSA) is 43.6 Å². The highest BCUT2D eigenvalue weighted by Gasteiger charge is 2.23. The highest BCUT2D eigenvalue weighted by atomic mass is 15.0. The average molecular weight is 630 g/mol. The summed E-state index contributed by atoms with van der Waals surface area (Å²) in [6, 6.07) is 44.5. The van der Waals surface area contributed by atoms with Gasteiger partial charge in [0.15, 0.2) is 17.5 Å². The second-order valence-corrected chi connectivity index (χ2v) is 12.0. The summed E-state index contributed by atoms with van der Waals surface area (Å²) in [6.07, 6.45) is 0. The highest BCUT2D eigenvalue weighted by Crippen LogP contribution is 2.46. The summed E-state index contributed by atoms with van der Waals surface area (Å²) in [7, 11) is 0. The lowest BCUT2D eigenvalue weighted by molar-refractivity contribution is 1.08. The highest BCUT2D eigenvalue weighted by molar-refractivity contribution is 6.37. The van der Waals surface area contributed by atoms with Crippen molar-refractivity contribution in [2.45, 2.75) is 0 Å². The predicted octanol–water partition coefficient (Wildman–Crippen LogP) is 11.4. The first-order valence-corrected chi connectivity index (χ1v) is 16.1. The van der Waals surface area contributed by atoms with E-state index >= 15 is 0 Å². The van der Waals surface area contributed by atoms with Gasteiger partial charge in [0, 0.05) is 38.5 Å². The van der Waals surface area contributed by atoms with Crippen LogP contribution in [0.1, 0.15) is 6.85 Å². The van der Waals surface area contributed by atoms with Gasteiger partial charge in [0.2, 0.25) is 0 Å². The Hall–Kier alpha value is -6.65. The molecule has 0 N–H and O–H groups in total. The molecule has 228 valence electrons. The van der Waals surface area contributed by atoms with Crippen LogP contribution >= 0.6 is 0 Å². The Morgan fingerprint density at radius 2 is 0.918 bits per heavy atom. The number of benzene rings is 8. The third-order valence-electron chi connectivity index (χ3n) is 9.29. The molecule has 0 saturated carbocycles. The van der Waals surface area contributed by atoms with Crippen molar-refractivity contribution in [1.29, 1.82) is 0 Å². The van der Waals surface area contributed by atoms with E-state index in [0.29, 0.717) is 17.5 Å². The number of fused-ring (bicyclic) bond motifs is 10. The van der Waals surface area contributed by atoms with Crippen LogP contribution in [0.15, 0.2) is 170 Å². The Balaban J connectivity index is 1.41. The van der Waals surface area contributed by atoms with E-state index in [1.807, 2.05) is 114 Å². The predicted molar refractivity (Wildman–Crippen MR) is 203 cm³/mol. The first kappa shape index (κ1) is 22.8. The van der Waals surface area contributed by atoms with Crippen molar-refractivity contribution in [2.24, 2.45) is 0 Å². The molecule has 2 aromatic heterocycles. The van der Waals surface area contributed by atoms with Crippen LogP contribution in [-0.2, 0) is 0 Å². The molecule has 4 heteroatoms. The fourth-order valence-corrected chi connectivity index (χ4v) is 7.23. The van der Waals surface area contributed by atoms with Crippen molar-refractivity contribution in [3.63, 3.8) is 0 Å². The molecular formula is C45H28N4. The minimum Gasteiger partial charge on any atom is -0.309 e. The van der Waals surface area contributed by atoms with Crippen LogP contribution in [-0.4, -0.2) is 19.5 Å². The Labute approximate surface area is 289 Å². The Bertz CT molecular complexity index is 3080. The molecule has 0 radical (unpaired) electrons. The zero-order valence-electron chi connectivity index (χ0n) is 31.1. The number of aromatic nitrogens is 4. The summed E-state index contributed by atoms with van der Waals surface area (Å²) in [5, 5.41) is 7.49. The van der Waals surface area contributed by atoms with Gasteiger partial charge in [-0.25, -0.2) is 15.0 Å². The van der Waals surface area contributed by atoms with E-state index in [-0.39, 0.29) is 29.9 Å². The summed E-state index contributed by atoms with van der Waals surface area (Å²) in [6.45, 7) is 0. The first-order chi connectivity index (χ1) is 26.4. The molecule has 0 aliphatic rings. The summed E-state index contributed by atoms with van der Waals surface area (Å²) in [5.74, 6) is 1.65. The standard InChI is InChI=1S/C45H28N4/c1-4-16-29(17-5-1)43-46-44(30-18-6-2-7-19-30)48-45(47-43)38-28-37-32-22-10-12-24-34(32)40-36-26-14-15-27-39(36)49(31-20-8-3-9-21-31)42(40)41(37)35-25-13-11-23-33(35)38/h1-28H/i3D,8D,9D,20D,21D. The van der Waals surface area contributed by atoms with Crippen LogP contribution in [0.2, 0.25) is 0 Å². The van der Waals surface area contributed by atoms with Gasteiger partial charge in [0.1, 0.15) is 0 Å². The fraction of sp³-hybridized carbons (Fsp3) is 0. The molecule has 10 rings (SSSR count). The van der Waals surface area contributed by atoms with Crippen LogP contribution in [0.4, 0.5) is 0 Å². The first-order valence-electron chi connectivity index (χ1n) is 18.6. The Morgan fingerprint density at radius 1 is 0.429 bits per heavy atom. The second kappa shape index (κ2) is 11.0. The molecule has 49 heavy (non-hydrogen) atoms. The van der Waals surface area contributed by atoms with Gasteiger partial charge in [-0.05, 0) is 51.1 Å². The molecule has 0 fully saturated rings. The van der Waals surface area contributed by atoms with Gasteiger partial charge in [-0.3, -0.25) is 0 Å². The van der Waals surface area contributed by atoms with Crippen molar-refractivity contribution in [2.75, 3.05) is 0 Å². The quantitative estimate of drug-likeness (QED) is 0.182. The van der Waals surface area contributed by atoms with Gasteiger partial charge < -0.3 is 4.57 Å². The fourth-order valence-electron chi connectivity index (χ4n) is 7.23. The van der Waals surface area contributed by atoms with E-state index in [1.165, 1.54) is 0 Å². The molecule has 0 saturated heterocycles. The lowest BCUT2D eigenvalue weighted by atomic mass is 9.90. The maximum atomic E-state index is 9.11. The minimum atomic E-state index is -0.429. The van der Waals surface area contributed by atoms with Gasteiger partial charge >= 0.3 is 0 Å². The van der Waals surface area contributed by atoms with Crippen LogP contribution in [0.3, 0.4) is 0 Å². The van der Waals surface area contributed by atoms with Gasteiger partial charge in [0.05, 0.1) is 17.9 Å². The Morgan fingerprint density at radius 3 is 1.57 bits per heavy atom. The molecule has 0 atom stereocenters. The summed E-state index contributed by atoms with van der Waals surface area (Å²) >= 11 is 0. The SMILES string of the molecule is [2H]c1c([2H])c([2H])c(-n2c3ccccc3c3c4ccccc4c4cc(-c5nc(-c6ccccc6)nc(-c6ccccc6)n5)c5ccccc5c4c32)c([2H])c1[2H]. The van der Waals surface area contributed by atoms with E-state index in [4.69, 9.17) is 21.8 Å². The molecule has 0 aliphatic heterocycles. The molecule has 4 nitrogen and oxygen atoms in total. The lowest BCUT2D eigenvalue weighted by Crippen LogP contribution is -2.01. The number of para-hydroxylation sites is 2. The molecule has 0 aliphatic carbocycles. The van der Waals surface area contributed by atoms with Gasteiger partial charge in [-0.15, -0.1) is 0 Å². The van der Waals surface area contributed by atoms with Crippen molar-refractivity contribution in [3.05, 3.63) is 170 Å². The summed E-state index contributed by atoms with van der Waals surface area (Å²) in [5.41, 5.74) is 4.18. The maximum absolute atomic E-state index is 9.11. The molecule has 10 aromatic rings. The average Bonchev–Trinajstić information content (AvgIpc) is 3.57. The molecule has 0 spiro atoms. The zero-order valence-corrected chi connectivity index (χ0v) is 26.1. The van der Waals surface area contributed by atoms with Crippen molar-refractivity contribution >= 4 is 54.1 Å². The summed E-state index contributed by atoms with van der Waals surface area (Å²) < 4.78 is 45.7. The summed E-state index contributed by atoms with van der Waals surface area (Å²) in [4.78, 5) is 15.2. The molecule has 0 bridgehead atoms. The van der Waals surface area contributed by atoms with E-state index in [2.05, 4.69) is 30.3 Å². The van der Waals surface area contributed by atoms with Crippen molar-refractivity contribution in [3.8, 4) is 39.9 Å². The molecule has 8 aromatic carbocycles. The third-order valence-corrected chi connectivity index (χ3v) is 9.29. The smallest absolute Gasteiger partial charge is 0.164 e. The number of rotatable bonds is 4.